The Morgan fingerprint density at radius 1 is 1.26 bits per heavy atom. The van der Waals surface area contributed by atoms with Crippen molar-refractivity contribution in [3.05, 3.63) is 53.7 Å². The van der Waals surface area contributed by atoms with E-state index in [0.29, 0.717) is 5.75 Å². The average molecular weight is 340 g/mol. The summed E-state index contributed by atoms with van der Waals surface area (Å²) in [6.07, 6.45) is 1.22. The minimum Gasteiger partial charge on any atom is -0.491 e. The number of fused-ring (bicyclic) bond motifs is 1. The number of benzene rings is 1. The average Bonchev–Trinajstić information content (AvgIpc) is 2.89. The first kappa shape index (κ1) is 15.7. The summed E-state index contributed by atoms with van der Waals surface area (Å²) < 4.78 is 43.1. The van der Waals surface area contributed by atoms with Crippen LogP contribution in [0.1, 0.15) is 22.0 Å². The van der Waals surface area contributed by atoms with Crippen molar-refractivity contribution in [2.75, 3.05) is 6.61 Å². The molecular formula is C15H11F3N2O2S. The molecule has 4 nitrogen and oxygen atoms in total. The molecule has 0 bridgehead atoms. The number of nitrogens with zero attached hydrogens (tertiary/aromatic N) is 1. The van der Waals surface area contributed by atoms with Gasteiger partial charge in [0.15, 0.2) is 0 Å². The minimum atomic E-state index is -4.51. The molecule has 1 unspecified atom stereocenters. The number of carbonyl (C=O) groups is 1. The van der Waals surface area contributed by atoms with Crippen molar-refractivity contribution in [2.24, 2.45) is 0 Å². The van der Waals surface area contributed by atoms with Crippen molar-refractivity contribution in [2.45, 2.75) is 16.6 Å². The van der Waals surface area contributed by atoms with Crippen molar-refractivity contribution in [3.63, 3.8) is 0 Å². The highest BCUT2D eigenvalue weighted by molar-refractivity contribution is 8.00. The van der Waals surface area contributed by atoms with Crippen LogP contribution in [-0.2, 0) is 0 Å². The first-order valence-electron chi connectivity index (χ1n) is 6.67. The van der Waals surface area contributed by atoms with Crippen LogP contribution in [0.15, 0.2) is 47.6 Å². The standard InChI is InChI=1S/C15H11F3N2O2S/c16-15(17,18)23-14-10(5-3-7-19-14)13(21)20-11-8-22-12-6-2-1-4-9(11)12/h1-7,11H,8H2,(H,20,21). The highest BCUT2D eigenvalue weighted by atomic mass is 32.2. The lowest BCUT2D eigenvalue weighted by Crippen LogP contribution is -2.30. The summed E-state index contributed by atoms with van der Waals surface area (Å²) in [6.45, 7) is 0.243. The van der Waals surface area contributed by atoms with Crippen molar-refractivity contribution in [1.29, 1.82) is 0 Å². The number of hydrogen-bond acceptors (Lipinski definition) is 4. The van der Waals surface area contributed by atoms with E-state index >= 15 is 0 Å². The summed E-state index contributed by atoms with van der Waals surface area (Å²) in [5, 5.41) is 2.32. The molecule has 23 heavy (non-hydrogen) atoms. The van der Waals surface area contributed by atoms with Crippen LogP contribution in [0.25, 0.3) is 0 Å². The number of thioether (sulfide) groups is 1. The first-order chi connectivity index (χ1) is 10.9. The number of para-hydroxylation sites is 1. The zero-order valence-corrected chi connectivity index (χ0v) is 12.4. The molecule has 0 saturated carbocycles. The van der Waals surface area contributed by atoms with E-state index in [9.17, 15) is 18.0 Å². The Morgan fingerprint density at radius 3 is 2.83 bits per heavy atom. The maximum absolute atomic E-state index is 12.6. The van der Waals surface area contributed by atoms with Gasteiger partial charge in [-0.05, 0) is 18.2 Å². The Labute approximate surface area is 134 Å². The van der Waals surface area contributed by atoms with Gasteiger partial charge in [0.1, 0.15) is 17.4 Å². The third-order valence-corrected chi connectivity index (χ3v) is 3.98. The fraction of sp³-hybridized carbons (Fsp3) is 0.200. The van der Waals surface area contributed by atoms with Gasteiger partial charge in [0.05, 0.1) is 11.6 Å². The molecule has 1 amide bonds. The second-order valence-corrected chi connectivity index (χ2v) is 5.83. The Balaban J connectivity index is 1.80. The highest BCUT2D eigenvalue weighted by Crippen LogP contribution is 2.37. The number of alkyl halides is 3. The highest BCUT2D eigenvalue weighted by Gasteiger charge is 2.33. The fourth-order valence-corrected chi connectivity index (χ4v) is 2.88. The Morgan fingerprint density at radius 2 is 2.04 bits per heavy atom. The van der Waals surface area contributed by atoms with Crippen LogP contribution in [0.2, 0.25) is 0 Å². The van der Waals surface area contributed by atoms with Gasteiger partial charge in [-0.2, -0.15) is 13.2 Å². The van der Waals surface area contributed by atoms with E-state index in [1.165, 1.54) is 18.3 Å². The number of carbonyl (C=O) groups excluding carboxylic acids is 1. The summed E-state index contributed by atoms with van der Waals surface area (Å²) in [7, 11) is 0. The number of ether oxygens (including phenoxy) is 1. The number of amides is 1. The number of rotatable bonds is 3. The molecule has 1 N–H and O–H groups in total. The fourth-order valence-electron chi connectivity index (χ4n) is 2.27. The van der Waals surface area contributed by atoms with Crippen LogP contribution in [0.4, 0.5) is 13.2 Å². The Bertz CT molecular complexity index is 737. The lowest BCUT2D eigenvalue weighted by Gasteiger charge is -2.14. The predicted molar refractivity (Wildman–Crippen MR) is 78.3 cm³/mol. The van der Waals surface area contributed by atoms with E-state index in [4.69, 9.17) is 4.74 Å². The second kappa shape index (κ2) is 6.11. The van der Waals surface area contributed by atoms with E-state index in [1.54, 1.807) is 6.07 Å². The van der Waals surface area contributed by atoms with Gasteiger partial charge in [-0.1, -0.05) is 18.2 Å². The molecule has 120 valence electrons. The van der Waals surface area contributed by atoms with E-state index in [-0.39, 0.29) is 17.2 Å². The van der Waals surface area contributed by atoms with Crippen molar-refractivity contribution in [1.82, 2.24) is 10.3 Å². The molecule has 0 radical (unpaired) electrons. The van der Waals surface area contributed by atoms with Crippen LogP contribution >= 0.6 is 11.8 Å². The molecule has 0 spiro atoms. The molecule has 8 heteroatoms. The molecule has 0 fully saturated rings. The van der Waals surface area contributed by atoms with Gasteiger partial charge in [0, 0.05) is 23.5 Å². The summed E-state index contributed by atoms with van der Waals surface area (Å²) in [5.41, 5.74) is -3.82. The van der Waals surface area contributed by atoms with E-state index < -0.39 is 29.2 Å². The molecule has 2 aromatic rings. The van der Waals surface area contributed by atoms with Crippen LogP contribution in [0.3, 0.4) is 0 Å². The minimum absolute atomic E-state index is 0.112. The van der Waals surface area contributed by atoms with Crippen molar-refractivity contribution >= 4 is 17.7 Å². The SMILES string of the molecule is O=C(NC1COc2ccccc21)c1cccnc1SC(F)(F)F. The van der Waals surface area contributed by atoms with Crippen LogP contribution < -0.4 is 10.1 Å². The van der Waals surface area contributed by atoms with Gasteiger partial charge in [0.25, 0.3) is 5.91 Å². The molecule has 1 aliphatic heterocycles. The monoisotopic (exact) mass is 340 g/mol. The number of hydrogen-bond donors (Lipinski definition) is 1. The Hall–Kier alpha value is -2.22. The molecular weight excluding hydrogens is 329 g/mol. The Kier molecular flexibility index (Phi) is 4.16. The molecule has 3 rings (SSSR count). The van der Waals surface area contributed by atoms with Crippen molar-refractivity contribution in [3.8, 4) is 5.75 Å². The third-order valence-electron chi connectivity index (χ3n) is 3.23. The molecule has 0 aliphatic carbocycles. The number of halogens is 3. The second-order valence-electron chi connectivity index (χ2n) is 4.78. The van der Waals surface area contributed by atoms with Crippen LogP contribution in [0.5, 0.6) is 5.75 Å². The summed E-state index contributed by atoms with van der Waals surface area (Å²) in [4.78, 5) is 16.0. The molecule has 1 aromatic carbocycles. The van der Waals surface area contributed by atoms with Gasteiger partial charge in [-0.15, -0.1) is 0 Å². The van der Waals surface area contributed by atoms with E-state index in [2.05, 4.69) is 10.3 Å². The molecule has 0 saturated heterocycles. The first-order valence-corrected chi connectivity index (χ1v) is 7.49. The molecule has 1 aliphatic rings. The van der Waals surface area contributed by atoms with E-state index in [1.807, 2.05) is 18.2 Å². The number of nitrogens with one attached hydrogen (secondary N) is 1. The van der Waals surface area contributed by atoms with Crippen molar-refractivity contribution < 1.29 is 22.7 Å². The molecule has 1 aromatic heterocycles. The maximum atomic E-state index is 12.6. The predicted octanol–water partition coefficient (Wildman–Crippen LogP) is 3.56. The summed E-state index contributed by atoms with van der Waals surface area (Å²) in [5.74, 6) is 0.0454. The van der Waals surface area contributed by atoms with Crippen LogP contribution in [0, 0.1) is 0 Å². The summed E-state index contributed by atoms with van der Waals surface area (Å²) in [6, 6.07) is 9.54. The van der Waals surface area contributed by atoms with Gasteiger partial charge < -0.3 is 10.1 Å². The van der Waals surface area contributed by atoms with Gasteiger partial charge in [0.2, 0.25) is 0 Å². The molecule has 1 atom stereocenters. The van der Waals surface area contributed by atoms with E-state index in [0.717, 1.165) is 5.56 Å². The largest absolute Gasteiger partial charge is 0.491 e. The van der Waals surface area contributed by atoms with Gasteiger partial charge in [-0.25, -0.2) is 4.98 Å². The zero-order valence-electron chi connectivity index (χ0n) is 11.6. The quantitative estimate of drug-likeness (QED) is 0.868. The lowest BCUT2D eigenvalue weighted by atomic mass is 10.1. The zero-order chi connectivity index (χ0) is 16.4. The van der Waals surface area contributed by atoms with Crippen LogP contribution in [-0.4, -0.2) is 23.0 Å². The third kappa shape index (κ3) is 3.58. The summed E-state index contributed by atoms with van der Waals surface area (Å²) >= 11 is -0.404. The lowest BCUT2D eigenvalue weighted by molar-refractivity contribution is -0.0329. The topological polar surface area (TPSA) is 51.2 Å². The number of aromatic nitrogens is 1. The van der Waals surface area contributed by atoms with Gasteiger partial charge in [-0.3, -0.25) is 4.79 Å². The smallest absolute Gasteiger partial charge is 0.447 e. The maximum Gasteiger partial charge on any atom is 0.447 e. The molecule has 2 heterocycles. The van der Waals surface area contributed by atoms with Gasteiger partial charge >= 0.3 is 5.51 Å². The number of pyridine rings is 1. The normalized spacial score (nSPS) is 16.6.